The first kappa shape index (κ1) is 23.1. The number of likely N-dealkylation sites (tertiary alicyclic amines) is 1. The number of amides is 2. The van der Waals surface area contributed by atoms with E-state index in [0.717, 1.165) is 30.5 Å². The fourth-order valence-electron chi connectivity index (χ4n) is 5.37. The summed E-state index contributed by atoms with van der Waals surface area (Å²) in [6.07, 6.45) is 3.44. The van der Waals surface area contributed by atoms with Gasteiger partial charge in [-0.1, -0.05) is 60.7 Å². The Morgan fingerprint density at radius 2 is 1.80 bits per heavy atom. The third-order valence-electron chi connectivity index (χ3n) is 7.52. The summed E-state index contributed by atoms with van der Waals surface area (Å²) in [7, 11) is 0. The predicted octanol–water partition coefficient (Wildman–Crippen LogP) is 4.44. The highest BCUT2D eigenvalue weighted by atomic mass is 16.2. The maximum absolute atomic E-state index is 13.3. The van der Waals surface area contributed by atoms with Crippen LogP contribution in [0.2, 0.25) is 0 Å². The molecule has 1 saturated heterocycles. The predicted molar refractivity (Wildman–Crippen MR) is 137 cm³/mol. The van der Waals surface area contributed by atoms with Gasteiger partial charge >= 0.3 is 0 Å². The molecule has 3 N–H and O–H groups in total. The summed E-state index contributed by atoms with van der Waals surface area (Å²) in [6, 6.07) is 22.3. The highest BCUT2D eigenvalue weighted by Gasteiger charge is 2.42. The molecule has 5 rings (SSSR count). The van der Waals surface area contributed by atoms with E-state index in [4.69, 9.17) is 5.73 Å². The van der Waals surface area contributed by atoms with Gasteiger partial charge < -0.3 is 16.0 Å². The normalized spacial score (nSPS) is 21.4. The lowest BCUT2D eigenvalue weighted by atomic mass is 9.92. The van der Waals surface area contributed by atoms with Gasteiger partial charge in [-0.05, 0) is 66.8 Å². The van der Waals surface area contributed by atoms with Gasteiger partial charge in [-0.2, -0.15) is 0 Å². The van der Waals surface area contributed by atoms with Gasteiger partial charge in [0, 0.05) is 24.7 Å². The number of nitrogen functional groups attached to an aromatic ring is 1. The maximum Gasteiger partial charge on any atom is 0.243 e. The van der Waals surface area contributed by atoms with Gasteiger partial charge in [0.05, 0.1) is 0 Å². The first-order chi connectivity index (χ1) is 17.0. The van der Waals surface area contributed by atoms with Gasteiger partial charge in [0.1, 0.15) is 11.9 Å². The number of nitrogens with two attached hydrogens (primary N) is 1. The van der Waals surface area contributed by atoms with E-state index < -0.39 is 0 Å². The van der Waals surface area contributed by atoms with Crippen LogP contribution < -0.4 is 11.1 Å². The van der Waals surface area contributed by atoms with Crippen LogP contribution in [0, 0.1) is 12.8 Å². The van der Waals surface area contributed by atoms with Gasteiger partial charge in [-0.15, -0.1) is 0 Å². The smallest absolute Gasteiger partial charge is 0.243 e. The number of pyridine rings is 1. The van der Waals surface area contributed by atoms with Crippen molar-refractivity contribution in [3.05, 3.63) is 83.6 Å². The second kappa shape index (κ2) is 9.90. The fraction of sp³-hybridized carbons (Fsp3) is 0.345. The van der Waals surface area contributed by atoms with Crippen molar-refractivity contribution in [2.24, 2.45) is 5.92 Å². The third-order valence-corrected chi connectivity index (χ3v) is 7.52. The van der Waals surface area contributed by atoms with Crippen molar-refractivity contribution in [3.63, 3.8) is 0 Å². The number of hydrogen-bond acceptors (Lipinski definition) is 4. The average Bonchev–Trinajstić information content (AvgIpc) is 3.34. The monoisotopic (exact) mass is 468 g/mol. The Labute approximate surface area is 206 Å². The van der Waals surface area contributed by atoms with Crippen molar-refractivity contribution in [1.82, 2.24) is 15.2 Å². The molecule has 1 saturated carbocycles. The van der Waals surface area contributed by atoms with E-state index in [2.05, 4.69) is 58.8 Å². The minimum atomic E-state index is -0.370. The molecule has 6 nitrogen and oxygen atoms in total. The Balaban J connectivity index is 1.18. The number of hydrogen-bond donors (Lipinski definition) is 2. The molecule has 3 aromatic rings. The number of anilines is 1. The number of rotatable bonds is 6. The Morgan fingerprint density at radius 1 is 1.00 bits per heavy atom. The van der Waals surface area contributed by atoms with Gasteiger partial charge in [0.2, 0.25) is 11.8 Å². The lowest BCUT2D eigenvalue weighted by Crippen LogP contribution is -2.59. The summed E-state index contributed by atoms with van der Waals surface area (Å²) in [5, 5.41) is 2.98. The second-order valence-electron chi connectivity index (χ2n) is 9.73. The number of aromatic nitrogens is 1. The minimum Gasteiger partial charge on any atom is -0.384 e. The van der Waals surface area contributed by atoms with Crippen LogP contribution in [0.5, 0.6) is 0 Å². The summed E-state index contributed by atoms with van der Waals surface area (Å²) >= 11 is 0. The Morgan fingerprint density at radius 3 is 2.54 bits per heavy atom. The molecule has 2 aromatic carbocycles. The van der Waals surface area contributed by atoms with Crippen molar-refractivity contribution >= 4 is 17.6 Å². The summed E-state index contributed by atoms with van der Waals surface area (Å²) < 4.78 is 0. The molecule has 1 aromatic heterocycles. The van der Waals surface area contributed by atoms with Crippen LogP contribution in [-0.4, -0.2) is 34.3 Å². The number of carbonyl (C=O) groups excluding carboxylic acids is 2. The molecule has 2 fully saturated rings. The lowest BCUT2D eigenvalue weighted by Gasteiger charge is -2.41. The zero-order chi connectivity index (χ0) is 24.4. The zero-order valence-electron chi connectivity index (χ0n) is 20.1. The molecule has 1 aliphatic carbocycles. The molecule has 2 amide bonds. The van der Waals surface area contributed by atoms with Gasteiger partial charge in [0.25, 0.3) is 0 Å². The first-order valence-electron chi connectivity index (χ1n) is 12.4. The van der Waals surface area contributed by atoms with Crippen molar-refractivity contribution in [2.45, 2.75) is 51.1 Å². The molecule has 2 heterocycles. The lowest BCUT2D eigenvalue weighted by molar-refractivity contribution is -0.150. The molecule has 0 radical (unpaired) electrons. The van der Waals surface area contributed by atoms with Crippen molar-refractivity contribution < 1.29 is 9.59 Å². The minimum absolute atomic E-state index is 0.0143. The number of benzene rings is 2. The zero-order valence-corrected chi connectivity index (χ0v) is 20.1. The van der Waals surface area contributed by atoms with E-state index in [-0.39, 0.29) is 23.8 Å². The molecule has 0 spiro atoms. The van der Waals surface area contributed by atoms with E-state index in [1.807, 2.05) is 19.1 Å². The molecule has 35 heavy (non-hydrogen) atoms. The number of nitrogens with one attached hydrogen (secondary N) is 1. The molecule has 6 heteroatoms. The Hall–Kier alpha value is -3.67. The molecule has 1 aliphatic heterocycles. The summed E-state index contributed by atoms with van der Waals surface area (Å²) in [4.78, 5) is 32.1. The fourth-order valence-corrected chi connectivity index (χ4v) is 5.37. The molecular formula is C29H32N4O2. The van der Waals surface area contributed by atoms with Crippen molar-refractivity contribution in [1.29, 1.82) is 0 Å². The Kier molecular flexibility index (Phi) is 6.53. The van der Waals surface area contributed by atoms with Crippen LogP contribution in [0.15, 0.2) is 66.7 Å². The van der Waals surface area contributed by atoms with Crippen LogP contribution in [0.4, 0.5) is 5.82 Å². The number of carbonyl (C=O) groups is 2. The van der Waals surface area contributed by atoms with Crippen LogP contribution in [0.1, 0.15) is 48.4 Å². The van der Waals surface area contributed by atoms with E-state index in [9.17, 15) is 9.59 Å². The SMILES string of the molecule is Cc1nc(N)ccc1CNC(=O)[C@@H]1CCN1C(=O)[C@@H]1CC[C@@H](c2cccc(-c3ccccc3)c2)C1. The first-order valence-corrected chi connectivity index (χ1v) is 12.4. The molecule has 0 bridgehead atoms. The van der Waals surface area contributed by atoms with Crippen molar-refractivity contribution in [3.8, 4) is 11.1 Å². The maximum atomic E-state index is 13.3. The van der Waals surface area contributed by atoms with Crippen LogP contribution in [-0.2, 0) is 16.1 Å². The van der Waals surface area contributed by atoms with E-state index in [0.29, 0.717) is 31.2 Å². The van der Waals surface area contributed by atoms with E-state index >= 15 is 0 Å². The molecule has 3 atom stereocenters. The molecule has 2 aliphatic rings. The van der Waals surface area contributed by atoms with Crippen molar-refractivity contribution in [2.75, 3.05) is 12.3 Å². The van der Waals surface area contributed by atoms with Crippen LogP contribution in [0.25, 0.3) is 11.1 Å². The summed E-state index contributed by atoms with van der Waals surface area (Å²) in [5.41, 5.74) is 11.2. The highest BCUT2D eigenvalue weighted by molar-refractivity contribution is 5.90. The van der Waals surface area contributed by atoms with Crippen LogP contribution in [0.3, 0.4) is 0 Å². The average molecular weight is 469 g/mol. The Bertz CT molecular complexity index is 1230. The number of nitrogens with zero attached hydrogens (tertiary/aromatic N) is 2. The summed E-state index contributed by atoms with van der Waals surface area (Å²) in [6.45, 7) is 2.92. The quantitative estimate of drug-likeness (QED) is 0.560. The van der Waals surface area contributed by atoms with Gasteiger partial charge in [-0.3, -0.25) is 9.59 Å². The van der Waals surface area contributed by atoms with Gasteiger partial charge in [0.15, 0.2) is 0 Å². The van der Waals surface area contributed by atoms with Gasteiger partial charge in [-0.25, -0.2) is 4.98 Å². The van der Waals surface area contributed by atoms with Crippen LogP contribution >= 0.6 is 0 Å². The third kappa shape index (κ3) is 4.92. The van der Waals surface area contributed by atoms with E-state index in [1.54, 1.807) is 11.0 Å². The largest absolute Gasteiger partial charge is 0.384 e. The summed E-state index contributed by atoms with van der Waals surface area (Å²) in [5.74, 6) is 0.867. The number of aryl methyl sites for hydroxylation is 1. The topological polar surface area (TPSA) is 88.3 Å². The molecule has 0 unspecified atom stereocenters. The second-order valence-corrected chi connectivity index (χ2v) is 9.73. The molecular weight excluding hydrogens is 436 g/mol. The highest BCUT2D eigenvalue weighted by Crippen LogP contribution is 2.41. The standard InChI is InChI=1S/C29H32N4O2/c1-19-25(12-13-27(30)32-19)18-31-28(34)26-14-15-33(26)29(35)24-11-10-23(17-24)22-9-5-8-21(16-22)20-6-3-2-4-7-20/h2-9,12-13,16,23-24,26H,10-11,14-15,17-18H2,1H3,(H2,30,32)(H,31,34)/t23-,24-,26+/m1/s1. The van der Waals surface area contributed by atoms with E-state index in [1.165, 1.54) is 16.7 Å². The molecule has 180 valence electrons.